The highest BCUT2D eigenvalue weighted by molar-refractivity contribution is 7.59. The lowest BCUT2D eigenvalue weighted by Gasteiger charge is -1.85. The van der Waals surface area contributed by atoms with Crippen molar-refractivity contribution in [2.24, 2.45) is 0 Å². The van der Waals surface area contributed by atoms with Crippen LogP contribution in [-0.2, 0) is 10.6 Å². The van der Waals surface area contributed by atoms with Crippen molar-refractivity contribution in [3.8, 4) is 0 Å². The van der Waals surface area contributed by atoms with Crippen LogP contribution in [-0.4, -0.2) is 17.6 Å². The van der Waals surface area contributed by atoms with Crippen LogP contribution in [0.2, 0.25) is 0 Å². The van der Waals surface area contributed by atoms with E-state index in [1.54, 1.807) is 18.2 Å². The van der Waals surface area contributed by atoms with Gasteiger partial charge < -0.3 is 0 Å². The van der Waals surface area contributed by atoms with E-state index in [1.165, 1.54) is 12.1 Å². The molecule has 0 aliphatic rings. The molecule has 0 atom stereocenters. The Labute approximate surface area is 75.0 Å². The largest absolute Gasteiger partial charge is 0.425 e. The van der Waals surface area contributed by atoms with Crippen LogP contribution in [0.1, 0.15) is 0 Å². The minimum Gasteiger partial charge on any atom is -0.258 e. The Hall–Kier alpha value is -1.76. The molecule has 0 aromatic heterocycles. The molecule has 0 amide bonds. The van der Waals surface area contributed by atoms with Gasteiger partial charge in [0.15, 0.2) is 0 Å². The minimum absolute atomic E-state index is 0.137. The van der Waals surface area contributed by atoms with Gasteiger partial charge in [0.05, 0.1) is 4.92 Å². The van der Waals surface area contributed by atoms with E-state index in [9.17, 15) is 10.1 Å². The molecule has 70 valence electrons. The number of nitrogens with zero attached hydrogens (tertiary/aromatic N) is 1. The fourth-order valence-corrected chi connectivity index (χ4v) is 0.550. The number of rotatable bonds is 1. The molecular formula is C6H5NO5S. The quantitative estimate of drug-likeness (QED) is 0.491. The first-order valence-corrected chi connectivity index (χ1v) is 4.00. The maximum atomic E-state index is 10.0. The second-order valence-corrected chi connectivity index (χ2v) is 2.21. The van der Waals surface area contributed by atoms with Crippen LogP contribution < -0.4 is 0 Å². The molecule has 1 aromatic rings. The number of nitro groups is 1. The highest BCUT2D eigenvalue weighted by Crippen LogP contribution is 2.06. The number of non-ortho nitro benzene ring substituents is 1. The molecule has 1 aromatic carbocycles. The Morgan fingerprint density at radius 2 is 1.46 bits per heavy atom. The van der Waals surface area contributed by atoms with Gasteiger partial charge in [0.25, 0.3) is 5.69 Å². The molecule has 0 N–H and O–H groups in total. The van der Waals surface area contributed by atoms with Gasteiger partial charge in [-0.25, -0.2) is 0 Å². The lowest BCUT2D eigenvalue weighted by atomic mass is 10.3. The van der Waals surface area contributed by atoms with Crippen molar-refractivity contribution in [3.05, 3.63) is 40.4 Å². The van der Waals surface area contributed by atoms with E-state index in [4.69, 9.17) is 12.6 Å². The molecule has 0 saturated carbocycles. The van der Waals surface area contributed by atoms with E-state index in [1.807, 2.05) is 0 Å². The predicted octanol–water partition coefficient (Wildman–Crippen LogP) is 0.591. The van der Waals surface area contributed by atoms with Crippen molar-refractivity contribution in [1.82, 2.24) is 0 Å². The van der Waals surface area contributed by atoms with Crippen molar-refractivity contribution >= 4 is 16.3 Å². The standard InChI is InChI=1S/C6H5NO2.O3S/c8-7(9)6-4-2-1-3-5-6;1-4(2)3/h1-5H;. The van der Waals surface area contributed by atoms with Crippen molar-refractivity contribution in [1.29, 1.82) is 0 Å². The fraction of sp³-hybridized carbons (Fsp3) is 0. The van der Waals surface area contributed by atoms with Gasteiger partial charge in [0.1, 0.15) is 0 Å². The first-order valence-electron chi connectivity index (χ1n) is 3.00. The van der Waals surface area contributed by atoms with E-state index in [0.29, 0.717) is 0 Å². The van der Waals surface area contributed by atoms with Crippen LogP contribution in [0.4, 0.5) is 5.69 Å². The zero-order valence-electron chi connectivity index (χ0n) is 6.28. The van der Waals surface area contributed by atoms with Crippen LogP contribution in [0.3, 0.4) is 0 Å². The molecule has 0 radical (unpaired) electrons. The monoisotopic (exact) mass is 203 g/mol. The SMILES string of the molecule is O=S(=O)=O.O=[N+]([O-])c1ccccc1. The third-order valence-corrected chi connectivity index (χ3v) is 0.967. The smallest absolute Gasteiger partial charge is 0.258 e. The first kappa shape index (κ1) is 11.2. The summed E-state index contributed by atoms with van der Waals surface area (Å²) in [5, 5.41) is 10.0. The Kier molecular flexibility index (Phi) is 5.05. The van der Waals surface area contributed by atoms with Crippen LogP contribution in [0.5, 0.6) is 0 Å². The third-order valence-electron chi connectivity index (χ3n) is 0.967. The molecular weight excluding hydrogens is 198 g/mol. The summed E-state index contributed by atoms with van der Waals surface area (Å²) in [6.45, 7) is 0. The average molecular weight is 203 g/mol. The Balaban J connectivity index is 0.000000310. The Morgan fingerprint density at radius 3 is 1.69 bits per heavy atom. The van der Waals surface area contributed by atoms with Gasteiger partial charge in [-0.1, -0.05) is 18.2 Å². The summed E-state index contributed by atoms with van der Waals surface area (Å²) in [6, 6.07) is 7.93. The summed E-state index contributed by atoms with van der Waals surface area (Å²) >= 11 is 0. The average Bonchev–Trinajstić information content (AvgIpc) is 2.05. The molecule has 6 nitrogen and oxygen atoms in total. The maximum Gasteiger partial charge on any atom is 0.425 e. The molecule has 0 fully saturated rings. The van der Waals surface area contributed by atoms with E-state index in [0.717, 1.165) is 0 Å². The van der Waals surface area contributed by atoms with Gasteiger partial charge in [-0.3, -0.25) is 10.1 Å². The number of hydrogen-bond donors (Lipinski definition) is 0. The van der Waals surface area contributed by atoms with Gasteiger partial charge in [0.2, 0.25) is 0 Å². The van der Waals surface area contributed by atoms with Gasteiger partial charge in [-0.2, -0.15) is 0 Å². The van der Waals surface area contributed by atoms with Crippen molar-refractivity contribution in [2.45, 2.75) is 0 Å². The molecule has 0 saturated heterocycles. The lowest BCUT2D eigenvalue weighted by Crippen LogP contribution is -1.84. The Morgan fingerprint density at radius 1 is 1.08 bits per heavy atom. The zero-order valence-corrected chi connectivity index (χ0v) is 7.10. The number of nitro benzene ring substituents is 1. The van der Waals surface area contributed by atoms with Gasteiger partial charge in [0, 0.05) is 12.1 Å². The van der Waals surface area contributed by atoms with Gasteiger partial charge in [-0.05, 0) is 0 Å². The summed E-state index contributed by atoms with van der Waals surface area (Å²) in [4.78, 5) is 9.59. The molecule has 0 aliphatic carbocycles. The molecule has 0 heterocycles. The molecule has 0 spiro atoms. The highest BCUT2D eigenvalue weighted by atomic mass is 32.2. The van der Waals surface area contributed by atoms with Gasteiger partial charge >= 0.3 is 10.6 Å². The van der Waals surface area contributed by atoms with Crippen molar-refractivity contribution < 1.29 is 17.6 Å². The maximum absolute atomic E-state index is 10.0. The topological polar surface area (TPSA) is 94.4 Å². The molecule has 1 rings (SSSR count). The van der Waals surface area contributed by atoms with E-state index in [2.05, 4.69) is 0 Å². The van der Waals surface area contributed by atoms with Crippen LogP contribution in [0, 0.1) is 10.1 Å². The molecule has 0 aliphatic heterocycles. The van der Waals surface area contributed by atoms with Crippen LogP contribution in [0.25, 0.3) is 0 Å². The molecule has 13 heavy (non-hydrogen) atoms. The Bertz CT molecular complexity index is 363. The second kappa shape index (κ2) is 5.84. The minimum atomic E-state index is -3.11. The van der Waals surface area contributed by atoms with E-state index in [-0.39, 0.29) is 5.69 Å². The number of benzene rings is 1. The lowest BCUT2D eigenvalue weighted by molar-refractivity contribution is -0.384. The molecule has 7 heteroatoms. The summed E-state index contributed by atoms with van der Waals surface area (Å²) in [5.41, 5.74) is 0.137. The zero-order chi connectivity index (χ0) is 10.3. The number of hydrogen-bond acceptors (Lipinski definition) is 5. The van der Waals surface area contributed by atoms with E-state index < -0.39 is 15.5 Å². The third kappa shape index (κ3) is 6.63. The number of para-hydroxylation sites is 1. The van der Waals surface area contributed by atoms with Crippen LogP contribution >= 0.6 is 0 Å². The summed E-state index contributed by atoms with van der Waals surface area (Å²) < 4.78 is 25.3. The predicted molar refractivity (Wildman–Crippen MR) is 42.8 cm³/mol. The van der Waals surface area contributed by atoms with Crippen molar-refractivity contribution in [2.75, 3.05) is 0 Å². The van der Waals surface area contributed by atoms with E-state index >= 15 is 0 Å². The molecule has 0 bridgehead atoms. The summed E-state index contributed by atoms with van der Waals surface area (Å²) in [6.07, 6.45) is 0. The van der Waals surface area contributed by atoms with Crippen molar-refractivity contribution in [3.63, 3.8) is 0 Å². The molecule has 0 unspecified atom stereocenters. The summed E-state index contributed by atoms with van der Waals surface area (Å²) in [7, 11) is -3.11. The highest BCUT2D eigenvalue weighted by Gasteiger charge is 1.98. The van der Waals surface area contributed by atoms with Gasteiger partial charge in [-0.15, -0.1) is 12.6 Å². The van der Waals surface area contributed by atoms with Crippen LogP contribution in [0.15, 0.2) is 30.3 Å². The first-order chi connectivity index (χ1) is 6.04. The fourth-order valence-electron chi connectivity index (χ4n) is 0.550. The normalized spacial score (nSPS) is 8.00. The second-order valence-electron chi connectivity index (χ2n) is 1.80. The summed E-state index contributed by atoms with van der Waals surface area (Å²) in [5.74, 6) is 0.